The van der Waals surface area contributed by atoms with Gasteiger partial charge in [0.2, 0.25) is 0 Å². The number of nitrogens with zero attached hydrogens (tertiary/aromatic N) is 2. The van der Waals surface area contributed by atoms with E-state index in [1.54, 1.807) is 0 Å². The Morgan fingerprint density at radius 2 is 1.11 bits per heavy atom. The second kappa shape index (κ2) is 6.58. The highest BCUT2D eigenvalue weighted by Gasteiger charge is 2.15. The van der Waals surface area contributed by atoms with Gasteiger partial charge in [-0.2, -0.15) is 0 Å². The number of anilines is 3. The van der Waals surface area contributed by atoms with Crippen molar-refractivity contribution in [1.82, 2.24) is 4.98 Å². The quantitative estimate of drug-likeness (QED) is 0.332. The highest BCUT2D eigenvalue weighted by atomic mass is 15.1. The SMILES string of the molecule is c1ccc(N(c2ccccc2)c2cccc3nc4ccccc4cc23)cc1. The van der Waals surface area contributed by atoms with Crippen molar-refractivity contribution >= 4 is 38.9 Å². The molecule has 0 radical (unpaired) electrons. The molecule has 0 atom stereocenters. The average molecular weight is 346 g/mol. The largest absolute Gasteiger partial charge is 0.310 e. The zero-order valence-corrected chi connectivity index (χ0v) is 14.8. The van der Waals surface area contributed by atoms with Crippen LogP contribution in [0.4, 0.5) is 17.1 Å². The van der Waals surface area contributed by atoms with Gasteiger partial charge in [-0.25, -0.2) is 4.98 Å². The normalized spacial score (nSPS) is 11.0. The lowest BCUT2D eigenvalue weighted by Gasteiger charge is -2.26. The molecule has 5 rings (SSSR count). The van der Waals surface area contributed by atoms with Crippen LogP contribution in [-0.2, 0) is 0 Å². The van der Waals surface area contributed by atoms with Crippen molar-refractivity contribution in [3.05, 3.63) is 109 Å². The summed E-state index contributed by atoms with van der Waals surface area (Å²) in [5.74, 6) is 0. The molecule has 0 spiro atoms. The van der Waals surface area contributed by atoms with Crippen LogP contribution >= 0.6 is 0 Å². The minimum Gasteiger partial charge on any atom is -0.310 e. The number of rotatable bonds is 3. The van der Waals surface area contributed by atoms with Crippen LogP contribution in [0.3, 0.4) is 0 Å². The van der Waals surface area contributed by atoms with E-state index < -0.39 is 0 Å². The van der Waals surface area contributed by atoms with E-state index in [0.717, 1.165) is 38.9 Å². The Bertz CT molecular complexity index is 1170. The van der Waals surface area contributed by atoms with E-state index in [9.17, 15) is 0 Å². The third-order valence-corrected chi connectivity index (χ3v) is 4.81. The summed E-state index contributed by atoms with van der Waals surface area (Å²) in [6.07, 6.45) is 0. The fourth-order valence-corrected chi connectivity index (χ4v) is 3.56. The van der Waals surface area contributed by atoms with Gasteiger partial charge >= 0.3 is 0 Å². The average Bonchev–Trinajstić information content (AvgIpc) is 2.74. The van der Waals surface area contributed by atoms with Crippen molar-refractivity contribution in [2.75, 3.05) is 4.90 Å². The first kappa shape index (κ1) is 15.6. The van der Waals surface area contributed by atoms with Crippen molar-refractivity contribution in [2.45, 2.75) is 0 Å². The van der Waals surface area contributed by atoms with Gasteiger partial charge in [0.05, 0.1) is 16.7 Å². The number of aromatic nitrogens is 1. The maximum atomic E-state index is 4.88. The molecule has 0 bridgehead atoms. The molecular weight excluding hydrogens is 328 g/mol. The lowest BCUT2D eigenvalue weighted by Crippen LogP contribution is -2.10. The molecule has 0 aliphatic rings. The van der Waals surface area contributed by atoms with Crippen LogP contribution in [-0.4, -0.2) is 4.98 Å². The predicted octanol–water partition coefficient (Wildman–Crippen LogP) is 6.86. The van der Waals surface area contributed by atoms with E-state index in [4.69, 9.17) is 4.98 Å². The smallest absolute Gasteiger partial charge is 0.0730 e. The molecule has 0 unspecified atom stereocenters. The van der Waals surface area contributed by atoms with Crippen molar-refractivity contribution in [1.29, 1.82) is 0 Å². The lowest BCUT2D eigenvalue weighted by atomic mass is 10.1. The van der Waals surface area contributed by atoms with Gasteiger partial charge in [-0.3, -0.25) is 0 Å². The van der Waals surface area contributed by atoms with Crippen molar-refractivity contribution in [3.63, 3.8) is 0 Å². The zero-order valence-electron chi connectivity index (χ0n) is 14.8. The molecule has 27 heavy (non-hydrogen) atoms. The molecule has 2 heteroatoms. The second-order valence-corrected chi connectivity index (χ2v) is 6.53. The van der Waals surface area contributed by atoms with Gasteiger partial charge < -0.3 is 4.90 Å². The topological polar surface area (TPSA) is 16.1 Å². The Balaban J connectivity index is 1.81. The minimum absolute atomic E-state index is 1.00. The minimum atomic E-state index is 1.00. The van der Waals surface area contributed by atoms with Gasteiger partial charge in [-0.1, -0.05) is 60.7 Å². The fourth-order valence-electron chi connectivity index (χ4n) is 3.56. The molecule has 0 amide bonds. The summed E-state index contributed by atoms with van der Waals surface area (Å²) in [6, 6.07) is 37.8. The molecule has 0 saturated heterocycles. The van der Waals surface area contributed by atoms with Crippen molar-refractivity contribution in [3.8, 4) is 0 Å². The highest BCUT2D eigenvalue weighted by molar-refractivity contribution is 6.02. The maximum Gasteiger partial charge on any atom is 0.0730 e. The molecule has 0 aliphatic carbocycles. The van der Waals surface area contributed by atoms with Crippen LogP contribution in [0, 0.1) is 0 Å². The standard InChI is InChI=1S/C25H18N2/c1-3-11-20(12-4-1)27(21-13-5-2-6-14-21)25-17-9-16-24-22(25)18-19-10-7-8-15-23(19)26-24/h1-18H. The Morgan fingerprint density at radius 3 is 1.81 bits per heavy atom. The van der Waals surface area contributed by atoms with Gasteiger partial charge in [-0.15, -0.1) is 0 Å². The van der Waals surface area contributed by atoms with Gasteiger partial charge in [-0.05, 0) is 48.5 Å². The number of hydrogen-bond donors (Lipinski definition) is 0. The Morgan fingerprint density at radius 1 is 0.519 bits per heavy atom. The van der Waals surface area contributed by atoms with Crippen LogP contribution in [0.15, 0.2) is 109 Å². The first-order valence-corrected chi connectivity index (χ1v) is 9.09. The van der Waals surface area contributed by atoms with Crippen LogP contribution in [0.2, 0.25) is 0 Å². The zero-order chi connectivity index (χ0) is 18.1. The van der Waals surface area contributed by atoms with Gasteiger partial charge in [0.15, 0.2) is 0 Å². The molecule has 0 fully saturated rings. The lowest BCUT2D eigenvalue weighted by molar-refractivity contribution is 1.29. The molecule has 0 aliphatic heterocycles. The monoisotopic (exact) mass is 346 g/mol. The second-order valence-electron chi connectivity index (χ2n) is 6.53. The number of pyridine rings is 1. The molecule has 1 aromatic heterocycles. The van der Waals surface area contributed by atoms with Gasteiger partial charge in [0.25, 0.3) is 0 Å². The Kier molecular flexibility index (Phi) is 3.80. The number of fused-ring (bicyclic) bond motifs is 2. The number of hydrogen-bond acceptors (Lipinski definition) is 2. The van der Waals surface area contributed by atoms with E-state index in [-0.39, 0.29) is 0 Å². The van der Waals surface area contributed by atoms with Crippen LogP contribution in [0.25, 0.3) is 21.8 Å². The summed E-state index contributed by atoms with van der Waals surface area (Å²) >= 11 is 0. The van der Waals surface area contributed by atoms with Crippen molar-refractivity contribution in [2.24, 2.45) is 0 Å². The Hall–Kier alpha value is -3.65. The van der Waals surface area contributed by atoms with Crippen LogP contribution in [0.5, 0.6) is 0 Å². The van der Waals surface area contributed by atoms with E-state index in [0.29, 0.717) is 0 Å². The van der Waals surface area contributed by atoms with Gasteiger partial charge in [0, 0.05) is 22.1 Å². The first-order chi connectivity index (χ1) is 13.4. The van der Waals surface area contributed by atoms with E-state index in [1.807, 2.05) is 18.2 Å². The molecule has 5 aromatic rings. The van der Waals surface area contributed by atoms with E-state index in [1.165, 1.54) is 0 Å². The third kappa shape index (κ3) is 2.81. The summed E-state index contributed by atoms with van der Waals surface area (Å²) in [7, 11) is 0. The fraction of sp³-hybridized carbons (Fsp3) is 0. The molecule has 4 aromatic carbocycles. The van der Waals surface area contributed by atoms with Crippen LogP contribution < -0.4 is 4.90 Å². The predicted molar refractivity (Wildman–Crippen MR) is 114 cm³/mol. The third-order valence-electron chi connectivity index (χ3n) is 4.81. The van der Waals surface area contributed by atoms with E-state index >= 15 is 0 Å². The first-order valence-electron chi connectivity index (χ1n) is 9.09. The van der Waals surface area contributed by atoms with Crippen molar-refractivity contribution < 1.29 is 0 Å². The molecular formula is C25H18N2. The summed E-state index contributed by atoms with van der Waals surface area (Å²) < 4.78 is 0. The molecule has 0 saturated carbocycles. The molecule has 2 nitrogen and oxygen atoms in total. The highest BCUT2D eigenvalue weighted by Crippen LogP contribution is 2.38. The maximum absolute atomic E-state index is 4.88. The molecule has 0 N–H and O–H groups in total. The molecule has 128 valence electrons. The number of benzene rings is 4. The summed E-state index contributed by atoms with van der Waals surface area (Å²) in [4.78, 5) is 7.17. The summed E-state index contributed by atoms with van der Waals surface area (Å²) in [5.41, 5.74) is 5.41. The summed E-state index contributed by atoms with van der Waals surface area (Å²) in [5, 5.41) is 2.29. The Labute approximate surface area is 158 Å². The van der Waals surface area contributed by atoms with Gasteiger partial charge in [0.1, 0.15) is 0 Å². The summed E-state index contributed by atoms with van der Waals surface area (Å²) in [6.45, 7) is 0. The molecule has 1 heterocycles. The van der Waals surface area contributed by atoms with E-state index in [2.05, 4.69) is 95.9 Å². The van der Waals surface area contributed by atoms with Crippen LogP contribution in [0.1, 0.15) is 0 Å². The number of para-hydroxylation sites is 3.